The Morgan fingerprint density at radius 2 is 1.74 bits per heavy atom. The molecule has 1 aliphatic heterocycles. The van der Waals surface area contributed by atoms with Gasteiger partial charge in [-0.15, -0.1) is 0 Å². The zero-order valence-corrected chi connectivity index (χ0v) is 19.2. The predicted octanol–water partition coefficient (Wildman–Crippen LogP) is 1.82. The van der Waals surface area contributed by atoms with E-state index in [1.54, 1.807) is 19.0 Å². The first kappa shape index (κ1) is 23.7. The SMILES string of the molecule is CN(C)C[C@H](NC(=O)C1(NC(=O)OCC2c3ccccc3-c3ccccc32)CCOC1)C(=O)O. The Morgan fingerprint density at radius 3 is 2.26 bits per heavy atom. The number of rotatable bonds is 8. The molecule has 0 spiro atoms. The van der Waals surface area contributed by atoms with E-state index in [1.165, 1.54) is 0 Å². The number of benzene rings is 2. The van der Waals surface area contributed by atoms with Crippen LogP contribution < -0.4 is 10.6 Å². The molecule has 2 aliphatic rings. The lowest BCUT2D eigenvalue weighted by molar-refractivity contribution is -0.143. The topological polar surface area (TPSA) is 117 Å². The van der Waals surface area contributed by atoms with Crippen molar-refractivity contribution in [3.8, 4) is 11.1 Å². The Morgan fingerprint density at radius 1 is 1.12 bits per heavy atom. The maximum absolute atomic E-state index is 13.0. The van der Waals surface area contributed by atoms with E-state index in [-0.39, 0.29) is 38.7 Å². The number of amides is 2. The molecule has 1 aliphatic carbocycles. The van der Waals surface area contributed by atoms with Gasteiger partial charge in [-0.3, -0.25) is 4.79 Å². The van der Waals surface area contributed by atoms with E-state index in [0.29, 0.717) is 0 Å². The molecule has 34 heavy (non-hydrogen) atoms. The molecular formula is C25H29N3O6. The minimum absolute atomic E-state index is 0.0582. The van der Waals surface area contributed by atoms with E-state index in [4.69, 9.17) is 9.47 Å². The molecule has 1 fully saturated rings. The lowest BCUT2D eigenvalue weighted by Crippen LogP contribution is -2.62. The molecule has 1 heterocycles. The van der Waals surface area contributed by atoms with Crippen molar-refractivity contribution in [2.24, 2.45) is 0 Å². The Labute approximate surface area is 198 Å². The number of carboxylic acids is 1. The van der Waals surface area contributed by atoms with Crippen LogP contribution in [-0.2, 0) is 19.1 Å². The number of alkyl carbamates (subject to hydrolysis) is 1. The normalized spacial score (nSPS) is 19.9. The number of hydrogen-bond acceptors (Lipinski definition) is 6. The molecule has 0 saturated carbocycles. The summed E-state index contributed by atoms with van der Waals surface area (Å²) in [5, 5.41) is 14.6. The van der Waals surface area contributed by atoms with Crippen LogP contribution in [0.1, 0.15) is 23.5 Å². The van der Waals surface area contributed by atoms with Crippen LogP contribution >= 0.6 is 0 Å². The molecule has 9 heteroatoms. The van der Waals surface area contributed by atoms with Crippen molar-refractivity contribution in [2.45, 2.75) is 23.9 Å². The quantitative estimate of drug-likeness (QED) is 0.542. The van der Waals surface area contributed by atoms with Gasteiger partial charge >= 0.3 is 12.1 Å². The largest absolute Gasteiger partial charge is 0.480 e. The van der Waals surface area contributed by atoms with Crippen LogP contribution in [0, 0.1) is 0 Å². The van der Waals surface area contributed by atoms with E-state index in [1.807, 2.05) is 36.4 Å². The molecule has 4 rings (SSSR count). The van der Waals surface area contributed by atoms with Crippen molar-refractivity contribution in [3.05, 3.63) is 59.7 Å². The number of ether oxygens (including phenoxy) is 2. The lowest BCUT2D eigenvalue weighted by atomic mass is 9.97. The van der Waals surface area contributed by atoms with Gasteiger partial charge in [0, 0.05) is 25.5 Å². The van der Waals surface area contributed by atoms with E-state index in [9.17, 15) is 19.5 Å². The van der Waals surface area contributed by atoms with Gasteiger partial charge in [0.05, 0.1) is 6.61 Å². The summed E-state index contributed by atoms with van der Waals surface area (Å²) in [7, 11) is 3.43. The van der Waals surface area contributed by atoms with Gasteiger partial charge in [0.15, 0.2) is 0 Å². The molecule has 180 valence electrons. The maximum Gasteiger partial charge on any atom is 0.408 e. The molecule has 0 radical (unpaired) electrons. The smallest absolute Gasteiger partial charge is 0.408 e. The number of carbonyl (C=O) groups is 3. The van der Waals surface area contributed by atoms with E-state index in [0.717, 1.165) is 22.3 Å². The second-order valence-corrected chi connectivity index (χ2v) is 8.96. The standard InChI is InChI=1S/C25H29N3O6/c1-28(2)13-21(22(29)30)26-23(31)25(11-12-33-15-25)27-24(32)34-14-20-18-9-5-3-7-16(18)17-8-4-6-10-19(17)20/h3-10,20-21H,11-15H2,1-2H3,(H,26,31)(H,27,32)(H,29,30)/t21-,25?/m0/s1. The highest BCUT2D eigenvalue weighted by Gasteiger charge is 2.45. The molecule has 2 aromatic rings. The third-order valence-electron chi connectivity index (χ3n) is 6.29. The number of carboxylic acid groups (broad SMARTS) is 1. The molecule has 0 aromatic heterocycles. The van der Waals surface area contributed by atoms with Crippen LogP contribution in [0.4, 0.5) is 4.79 Å². The number of carbonyl (C=O) groups excluding carboxylic acids is 2. The number of nitrogens with zero attached hydrogens (tertiary/aromatic N) is 1. The molecule has 0 bridgehead atoms. The number of hydrogen-bond donors (Lipinski definition) is 3. The van der Waals surface area contributed by atoms with Crippen molar-refractivity contribution in [3.63, 3.8) is 0 Å². The van der Waals surface area contributed by atoms with Crippen LogP contribution in [-0.4, -0.2) is 80.0 Å². The van der Waals surface area contributed by atoms with Crippen LogP contribution in [0.25, 0.3) is 11.1 Å². The predicted molar refractivity (Wildman–Crippen MR) is 124 cm³/mol. The fourth-order valence-corrected chi connectivity index (χ4v) is 4.58. The van der Waals surface area contributed by atoms with Crippen molar-refractivity contribution in [1.29, 1.82) is 0 Å². The third kappa shape index (κ3) is 4.76. The fourth-order valence-electron chi connectivity index (χ4n) is 4.58. The number of likely N-dealkylation sites (N-methyl/N-ethyl adjacent to an activating group) is 1. The second-order valence-electron chi connectivity index (χ2n) is 8.96. The monoisotopic (exact) mass is 467 g/mol. The number of nitrogens with one attached hydrogen (secondary N) is 2. The first-order valence-corrected chi connectivity index (χ1v) is 11.2. The van der Waals surface area contributed by atoms with Gasteiger partial charge in [0.25, 0.3) is 0 Å². The highest BCUT2D eigenvalue weighted by atomic mass is 16.6. The Bertz CT molecular complexity index is 1030. The zero-order chi connectivity index (χ0) is 24.3. The summed E-state index contributed by atoms with van der Waals surface area (Å²) in [6.45, 7) is 0.430. The van der Waals surface area contributed by atoms with Gasteiger partial charge in [-0.1, -0.05) is 48.5 Å². The summed E-state index contributed by atoms with van der Waals surface area (Å²) >= 11 is 0. The van der Waals surface area contributed by atoms with Crippen LogP contribution in [0.2, 0.25) is 0 Å². The summed E-state index contributed by atoms with van der Waals surface area (Å²) in [5.74, 6) is -1.87. The fraction of sp³-hybridized carbons (Fsp3) is 0.400. The van der Waals surface area contributed by atoms with Gasteiger partial charge < -0.3 is 30.1 Å². The minimum atomic E-state index is -1.39. The summed E-state index contributed by atoms with van der Waals surface area (Å²) in [6.07, 6.45) is -0.529. The van der Waals surface area contributed by atoms with Crippen LogP contribution in [0.15, 0.2) is 48.5 Å². The van der Waals surface area contributed by atoms with Crippen LogP contribution in [0.5, 0.6) is 0 Å². The number of aliphatic carboxylic acids is 1. The van der Waals surface area contributed by atoms with Crippen molar-refractivity contribution < 1.29 is 29.0 Å². The maximum atomic E-state index is 13.0. The van der Waals surface area contributed by atoms with Crippen molar-refractivity contribution >= 4 is 18.0 Å². The molecule has 2 atom stereocenters. The van der Waals surface area contributed by atoms with E-state index in [2.05, 4.69) is 22.8 Å². The Hall–Kier alpha value is -3.43. The zero-order valence-electron chi connectivity index (χ0n) is 19.2. The van der Waals surface area contributed by atoms with E-state index < -0.39 is 29.6 Å². The molecule has 9 nitrogen and oxygen atoms in total. The van der Waals surface area contributed by atoms with Gasteiger partial charge in [0.1, 0.15) is 18.2 Å². The first-order chi connectivity index (χ1) is 16.3. The van der Waals surface area contributed by atoms with Gasteiger partial charge in [-0.2, -0.15) is 0 Å². The molecule has 3 N–H and O–H groups in total. The average Bonchev–Trinajstić information content (AvgIpc) is 3.40. The highest BCUT2D eigenvalue weighted by molar-refractivity contribution is 5.93. The lowest BCUT2D eigenvalue weighted by Gasteiger charge is -2.29. The van der Waals surface area contributed by atoms with E-state index >= 15 is 0 Å². The molecule has 2 amide bonds. The van der Waals surface area contributed by atoms with Crippen molar-refractivity contribution in [2.75, 3.05) is 40.5 Å². The third-order valence-corrected chi connectivity index (χ3v) is 6.29. The molecule has 1 saturated heterocycles. The highest BCUT2D eigenvalue weighted by Crippen LogP contribution is 2.44. The minimum Gasteiger partial charge on any atom is -0.480 e. The van der Waals surface area contributed by atoms with Gasteiger partial charge in [0.2, 0.25) is 5.91 Å². The molecular weight excluding hydrogens is 438 g/mol. The average molecular weight is 468 g/mol. The molecule has 1 unspecified atom stereocenters. The van der Waals surface area contributed by atoms with Crippen LogP contribution in [0.3, 0.4) is 0 Å². The Kier molecular flexibility index (Phi) is 6.85. The summed E-state index contributed by atoms with van der Waals surface area (Å²) < 4.78 is 11.0. The van der Waals surface area contributed by atoms with Crippen molar-refractivity contribution in [1.82, 2.24) is 15.5 Å². The summed E-state index contributed by atoms with van der Waals surface area (Å²) in [4.78, 5) is 39.1. The first-order valence-electron chi connectivity index (χ1n) is 11.2. The second kappa shape index (κ2) is 9.82. The number of fused-ring (bicyclic) bond motifs is 3. The summed E-state index contributed by atoms with van der Waals surface area (Å²) in [6, 6.07) is 14.9. The van der Waals surface area contributed by atoms with Gasteiger partial charge in [-0.05, 0) is 36.3 Å². The Balaban J connectivity index is 1.44. The molecule has 2 aromatic carbocycles. The summed E-state index contributed by atoms with van der Waals surface area (Å²) in [5.41, 5.74) is 3.02. The van der Waals surface area contributed by atoms with Gasteiger partial charge in [-0.25, -0.2) is 9.59 Å².